The Bertz CT molecular complexity index is 306. The van der Waals surface area contributed by atoms with Crippen LogP contribution < -0.4 is 0 Å². The molecule has 2 unspecified atom stereocenters. The van der Waals surface area contributed by atoms with E-state index in [2.05, 4.69) is 0 Å². The number of alkyl halides is 2. The van der Waals surface area contributed by atoms with Crippen LogP contribution in [-0.2, 0) is 9.59 Å². The van der Waals surface area contributed by atoms with Crippen LogP contribution >= 0.6 is 35.1 Å². The van der Waals surface area contributed by atoms with Crippen LogP contribution in [0.4, 0.5) is 0 Å². The van der Waals surface area contributed by atoms with Gasteiger partial charge >= 0.3 is 0 Å². The molecular formula is C9H9Cl2NO2S. The molecule has 1 aliphatic carbocycles. The largest absolute Gasteiger partial charge is 0.273 e. The lowest BCUT2D eigenvalue weighted by atomic mass is 9.85. The molecule has 0 saturated carbocycles. The Balaban J connectivity index is 2.17. The summed E-state index contributed by atoms with van der Waals surface area (Å²) in [5.41, 5.74) is 0. The lowest BCUT2D eigenvalue weighted by Gasteiger charge is -2.14. The maximum absolute atomic E-state index is 11.8. The topological polar surface area (TPSA) is 37.4 Å². The van der Waals surface area contributed by atoms with Crippen LogP contribution in [0.15, 0.2) is 12.2 Å². The molecule has 1 saturated heterocycles. The van der Waals surface area contributed by atoms with E-state index in [0.29, 0.717) is 12.8 Å². The lowest BCUT2D eigenvalue weighted by molar-refractivity contribution is -0.133. The Kier molecular flexibility index (Phi) is 3.28. The molecule has 3 nitrogen and oxygen atoms in total. The van der Waals surface area contributed by atoms with Gasteiger partial charge in [-0.05, 0) is 24.8 Å². The predicted octanol–water partition coefficient (Wildman–Crippen LogP) is 2.35. The highest BCUT2D eigenvalue weighted by Gasteiger charge is 2.48. The maximum atomic E-state index is 11.8. The Morgan fingerprint density at radius 2 is 1.67 bits per heavy atom. The van der Waals surface area contributed by atoms with E-state index in [0.717, 1.165) is 16.3 Å². The minimum atomic E-state index is -0.786. The minimum Gasteiger partial charge on any atom is -0.273 e. The predicted molar refractivity (Wildman–Crippen MR) is 60.3 cm³/mol. The van der Waals surface area contributed by atoms with E-state index in [1.807, 2.05) is 12.2 Å². The minimum absolute atomic E-state index is 0.161. The number of rotatable bonds is 2. The molecule has 0 spiro atoms. The van der Waals surface area contributed by atoms with Gasteiger partial charge in [0, 0.05) is 0 Å². The number of halogens is 2. The summed E-state index contributed by atoms with van der Waals surface area (Å²) in [7, 11) is 0. The smallest absolute Gasteiger partial charge is 0.243 e. The van der Waals surface area contributed by atoms with E-state index in [1.165, 1.54) is 0 Å². The number of hydrogen-bond donors (Lipinski definition) is 0. The summed E-state index contributed by atoms with van der Waals surface area (Å²) in [6.07, 6.45) is 5.17. The Labute approximate surface area is 102 Å². The molecule has 0 aromatic heterocycles. The van der Waals surface area contributed by atoms with Crippen molar-refractivity contribution in [1.82, 2.24) is 4.31 Å². The van der Waals surface area contributed by atoms with E-state index in [9.17, 15) is 9.59 Å². The third-order valence-electron chi connectivity index (χ3n) is 2.65. The standard InChI is InChI=1S/C9H9Cl2NO2S/c10-9(11)15-12-7(13)5-3-1-2-4-6(5)8(12)14/h1-2,5-6,9H,3-4H2. The normalized spacial score (nSPS) is 30.2. The zero-order valence-electron chi connectivity index (χ0n) is 7.73. The van der Waals surface area contributed by atoms with Crippen LogP contribution in [-0.4, -0.2) is 20.3 Å². The van der Waals surface area contributed by atoms with Gasteiger partial charge in [-0.3, -0.25) is 9.59 Å². The second kappa shape index (κ2) is 4.36. The first-order valence-corrected chi connectivity index (χ1v) is 6.30. The Hall–Kier alpha value is -0.190. The molecule has 6 heteroatoms. The van der Waals surface area contributed by atoms with E-state index in [4.69, 9.17) is 23.2 Å². The van der Waals surface area contributed by atoms with Gasteiger partial charge in [0.1, 0.15) is 0 Å². The van der Waals surface area contributed by atoms with Gasteiger partial charge in [0.05, 0.1) is 11.8 Å². The van der Waals surface area contributed by atoms with Crippen molar-refractivity contribution < 1.29 is 9.59 Å². The van der Waals surface area contributed by atoms with Gasteiger partial charge in [0.25, 0.3) is 0 Å². The molecule has 0 aromatic rings. The molecule has 15 heavy (non-hydrogen) atoms. The fourth-order valence-corrected chi connectivity index (χ4v) is 3.07. The first-order chi connectivity index (χ1) is 7.11. The number of carbonyl (C=O) groups is 2. The van der Waals surface area contributed by atoms with Crippen LogP contribution in [0.5, 0.6) is 0 Å². The van der Waals surface area contributed by atoms with Gasteiger partial charge < -0.3 is 0 Å². The SMILES string of the molecule is O=C1C2CC=CCC2C(=O)N1SC(Cl)Cl. The van der Waals surface area contributed by atoms with Crippen molar-refractivity contribution >= 4 is 47.0 Å². The maximum Gasteiger partial charge on any atom is 0.243 e. The molecule has 2 aliphatic rings. The van der Waals surface area contributed by atoms with Crippen LogP contribution in [0.25, 0.3) is 0 Å². The van der Waals surface area contributed by atoms with Gasteiger partial charge in [-0.15, -0.1) is 0 Å². The fraction of sp³-hybridized carbons (Fsp3) is 0.556. The molecule has 0 bridgehead atoms. The lowest BCUT2D eigenvalue weighted by Crippen LogP contribution is -2.24. The van der Waals surface area contributed by atoms with Crippen molar-refractivity contribution in [2.24, 2.45) is 11.8 Å². The van der Waals surface area contributed by atoms with Gasteiger partial charge in [0.15, 0.2) is 4.17 Å². The second-order valence-corrected chi connectivity index (χ2v) is 6.15. The fourth-order valence-electron chi connectivity index (χ4n) is 1.95. The van der Waals surface area contributed by atoms with Crippen LogP contribution in [0.2, 0.25) is 0 Å². The van der Waals surface area contributed by atoms with Gasteiger partial charge in [-0.25, -0.2) is 4.31 Å². The molecule has 82 valence electrons. The first kappa shape index (κ1) is 11.3. The van der Waals surface area contributed by atoms with Crippen LogP contribution in [0.1, 0.15) is 12.8 Å². The first-order valence-electron chi connectivity index (χ1n) is 4.59. The molecule has 2 amide bonds. The van der Waals surface area contributed by atoms with E-state index in [1.54, 1.807) is 0 Å². The molecular weight excluding hydrogens is 257 g/mol. The quantitative estimate of drug-likeness (QED) is 0.333. The Morgan fingerprint density at radius 3 is 2.07 bits per heavy atom. The molecule has 1 aliphatic heterocycles. The van der Waals surface area contributed by atoms with Crippen molar-refractivity contribution in [2.45, 2.75) is 17.0 Å². The van der Waals surface area contributed by atoms with Gasteiger partial charge in [0.2, 0.25) is 11.8 Å². The summed E-state index contributed by atoms with van der Waals surface area (Å²) in [6.45, 7) is 0. The van der Waals surface area contributed by atoms with Crippen molar-refractivity contribution in [3.05, 3.63) is 12.2 Å². The second-order valence-electron chi connectivity index (χ2n) is 3.49. The summed E-state index contributed by atoms with van der Waals surface area (Å²) < 4.78 is 0.332. The zero-order valence-corrected chi connectivity index (χ0v) is 10.1. The number of nitrogens with zero attached hydrogens (tertiary/aromatic N) is 1. The third-order valence-corrected chi connectivity index (χ3v) is 3.86. The van der Waals surface area contributed by atoms with E-state index in [-0.39, 0.29) is 23.7 Å². The average molecular weight is 266 g/mol. The summed E-state index contributed by atoms with van der Waals surface area (Å²) in [5, 5.41) is 0. The number of imide groups is 1. The van der Waals surface area contributed by atoms with Crippen LogP contribution in [0.3, 0.4) is 0 Å². The Morgan fingerprint density at radius 1 is 1.20 bits per heavy atom. The monoisotopic (exact) mass is 265 g/mol. The van der Waals surface area contributed by atoms with E-state index >= 15 is 0 Å². The summed E-state index contributed by atoms with van der Waals surface area (Å²) >= 11 is 12.0. The summed E-state index contributed by atoms with van der Waals surface area (Å²) in [4.78, 5) is 23.6. The highest BCUT2D eigenvalue weighted by atomic mass is 35.5. The molecule has 0 radical (unpaired) electrons. The summed E-state index contributed by atoms with van der Waals surface area (Å²) in [5.74, 6) is -0.736. The molecule has 2 atom stereocenters. The molecule has 0 aromatic carbocycles. The molecule has 0 N–H and O–H groups in total. The molecule has 1 heterocycles. The number of hydrogen-bond acceptors (Lipinski definition) is 3. The van der Waals surface area contributed by atoms with Crippen molar-refractivity contribution in [2.75, 3.05) is 0 Å². The highest BCUT2D eigenvalue weighted by Crippen LogP contribution is 2.40. The highest BCUT2D eigenvalue weighted by molar-refractivity contribution is 8.01. The number of carbonyl (C=O) groups excluding carboxylic acids is 2. The average Bonchev–Trinajstić information content (AvgIpc) is 2.44. The van der Waals surface area contributed by atoms with Crippen molar-refractivity contribution in [3.63, 3.8) is 0 Å². The van der Waals surface area contributed by atoms with Crippen LogP contribution in [0, 0.1) is 11.8 Å². The summed E-state index contributed by atoms with van der Waals surface area (Å²) in [6, 6.07) is 0. The van der Waals surface area contributed by atoms with Crippen molar-refractivity contribution in [3.8, 4) is 0 Å². The number of fused-ring (bicyclic) bond motifs is 1. The number of amides is 2. The third kappa shape index (κ3) is 2.03. The van der Waals surface area contributed by atoms with Crippen molar-refractivity contribution in [1.29, 1.82) is 0 Å². The van der Waals surface area contributed by atoms with Gasteiger partial charge in [-0.1, -0.05) is 35.4 Å². The molecule has 2 rings (SSSR count). The molecule has 1 fully saturated rings. The van der Waals surface area contributed by atoms with E-state index < -0.39 is 4.17 Å². The zero-order chi connectivity index (χ0) is 11.0. The number of allylic oxidation sites excluding steroid dienone is 2. The van der Waals surface area contributed by atoms with Gasteiger partial charge in [-0.2, -0.15) is 0 Å².